The van der Waals surface area contributed by atoms with Gasteiger partial charge < -0.3 is 9.80 Å². The number of nitrogens with one attached hydrogen (secondary N) is 2. The number of carbonyl (C=O) groups is 1. The van der Waals surface area contributed by atoms with Gasteiger partial charge in [-0.2, -0.15) is 10.3 Å². The lowest BCUT2D eigenvalue weighted by atomic mass is 9.88. The van der Waals surface area contributed by atoms with Crippen LogP contribution in [0.15, 0.2) is 30.6 Å². The fourth-order valence-electron chi connectivity index (χ4n) is 4.82. The number of hydrogen-bond acceptors (Lipinski definition) is 6. The van der Waals surface area contributed by atoms with Crippen molar-refractivity contribution >= 4 is 6.03 Å². The van der Waals surface area contributed by atoms with Crippen LogP contribution < -0.4 is 0 Å². The van der Waals surface area contributed by atoms with E-state index in [1.165, 1.54) is 17.5 Å². The molecule has 2 saturated heterocycles. The van der Waals surface area contributed by atoms with Crippen LogP contribution in [-0.4, -0.2) is 77.8 Å². The fourth-order valence-corrected chi connectivity index (χ4v) is 4.82. The zero-order valence-corrected chi connectivity index (χ0v) is 16.5. The smallest absolute Gasteiger partial charge is 0.320 e. The van der Waals surface area contributed by atoms with Crippen LogP contribution in [0.4, 0.5) is 4.79 Å². The normalized spacial score (nSPS) is 22.9. The average Bonchev–Trinajstić information content (AvgIpc) is 3.23. The summed E-state index contributed by atoms with van der Waals surface area (Å²) in [5.41, 5.74) is 2.46. The Labute approximate surface area is 173 Å². The summed E-state index contributed by atoms with van der Waals surface area (Å²) < 4.78 is 0. The van der Waals surface area contributed by atoms with E-state index in [2.05, 4.69) is 60.1 Å². The van der Waals surface area contributed by atoms with Crippen LogP contribution in [0.5, 0.6) is 0 Å². The number of aromatic nitrogens is 7. The third-order valence-electron chi connectivity index (χ3n) is 6.89. The summed E-state index contributed by atoms with van der Waals surface area (Å²) in [5.74, 6) is 2.32. The minimum atomic E-state index is -0.0665. The van der Waals surface area contributed by atoms with Gasteiger partial charge in [0.1, 0.15) is 12.2 Å². The van der Waals surface area contributed by atoms with Gasteiger partial charge in [-0.3, -0.25) is 5.10 Å². The molecule has 154 valence electrons. The molecule has 1 saturated carbocycles. The monoisotopic (exact) mass is 405 g/mol. The van der Waals surface area contributed by atoms with E-state index >= 15 is 0 Å². The topological polar surface area (TPSA) is 120 Å². The maximum atomic E-state index is 12.8. The molecule has 4 heterocycles. The number of amides is 2. The molecule has 6 rings (SSSR count). The van der Waals surface area contributed by atoms with Crippen molar-refractivity contribution < 1.29 is 4.79 Å². The summed E-state index contributed by atoms with van der Waals surface area (Å²) in [4.78, 5) is 21.0. The van der Waals surface area contributed by atoms with Gasteiger partial charge in [-0.15, -0.1) is 10.2 Å². The van der Waals surface area contributed by atoms with Crippen LogP contribution in [0, 0.1) is 0 Å². The third kappa shape index (κ3) is 2.78. The zero-order valence-electron chi connectivity index (χ0n) is 16.5. The van der Waals surface area contributed by atoms with Gasteiger partial charge in [-0.1, -0.05) is 29.5 Å². The van der Waals surface area contributed by atoms with Crippen LogP contribution in [-0.2, 0) is 5.41 Å². The molecule has 0 spiro atoms. The van der Waals surface area contributed by atoms with Crippen molar-refractivity contribution in [1.29, 1.82) is 0 Å². The minimum Gasteiger partial charge on any atom is -0.324 e. The number of likely N-dealkylation sites (tertiary alicyclic amines) is 2. The Hall–Kier alpha value is -3.30. The Kier molecular flexibility index (Phi) is 3.87. The molecule has 2 aromatic heterocycles. The van der Waals surface area contributed by atoms with E-state index < -0.39 is 0 Å². The van der Waals surface area contributed by atoms with Crippen molar-refractivity contribution in [3.05, 3.63) is 53.4 Å². The van der Waals surface area contributed by atoms with Crippen LogP contribution in [0.3, 0.4) is 0 Å². The van der Waals surface area contributed by atoms with E-state index in [9.17, 15) is 4.79 Å². The zero-order chi connectivity index (χ0) is 20.1. The quantitative estimate of drug-likeness (QED) is 0.677. The summed E-state index contributed by atoms with van der Waals surface area (Å²) in [6.45, 7) is 3.04. The van der Waals surface area contributed by atoms with Crippen molar-refractivity contribution in [3.8, 4) is 0 Å². The molecule has 0 bridgehead atoms. The van der Waals surface area contributed by atoms with Gasteiger partial charge in [-0.25, -0.2) is 9.78 Å². The molecular formula is C20H23N9O. The standard InChI is InChI=1S/C20H23N9O/c30-19(28-8-5-14(9-28)17-21-12-22-23-17)29-10-15(11-29)13-1-3-16(4-2-13)20(6-7-20)18-24-26-27-25-18/h1-4,12,14-15H,5-11H2,(H,21,22,23)(H,24,25,26,27)/t14-/m0/s1. The van der Waals surface area contributed by atoms with E-state index in [1.54, 1.807) is 0 Å². The van der Waals surface area contributed by atoms with Gasteiger partial charge in [0.15, 0.2) is 5.82 Å². The number of benzene rings is 1. The van der Waals surface area contributed by atoms with Crippen LogP contribution >= 0.6 is 0 Å². The third-order valence-corrected chi connectivity index (χ3v) is 6.89. The molecule has 2 N–H and O–H groups in total. The van der Waals surface area contributed by atoms with Gasteiger partial charge in [0.05, 0.1) is 5.41 Å². The lowest BCUT2D eigenvalue weighted by Gasteiger charge is -2.41. The van der Waals surface area contributed by atoms with Gasteiger partial charge in [-0.05, 0) is 30.4 Å². The summed E-state index contributed by atoms with van der Waals surface area (Å²) in [6, 6.07) is 8.89. The molecule has 0 radical (unpaired) electrons. The van der Waals surface area contributed by atoms with Crippen molar-refractivity contribution in [2.24, 2.45) is 0 Å². The first kappa shape index (κ1) is 17.5. The molecule has 3 aliphatic rings. The van der Waals surface area contributed by atoms with E-state index in [1.807, 2.05) is 9.80 Å². The van der Waals surface area contributed by atoms with Crippen molar-refractivity contribution in [3.63, 3.8) is 0 Å². The Bertz CT molecular complexity index is 1020. The molecule has 30 heavy (non-hydrogen) atoms. The Morgan fingerprint density at radius 3 is 2.53 bits per heavy atom. The van der Waals surface area contributed by atoms with Gasteiger partial charge >= 0.3 is 6.03 Å². The number of carbonyl (C=O) groups excluding carboxylic acids is 1. The first-order valence-electron chi connectivity index (χ1n) is 10.5. The van der Waals surface area contributed by atoms with Crippen molar-refractivity contribution in [1.82, 2.24) is 45.6 Å². The largest absolute Gasteiger partial charge is 0.324 e. The highest BCUT2D eigenvalue weighted by atomic mass is 16.2. The number of rotatable bonds is 4. The molecule has 3 aromatic rings. The Morgan fingerprint density at radius 2 is 1.87 bits per heavy atom. The number of tetrazole rings is 1. The van der Waals surface area contributed by atoms with Gasteiger partial charge in [0.2, 0.25) is 0 Å². The molecule has 10 heteroatoms. The Morgan fingerprint density at radius 1 is 1.07 bits per heavy atom. The summed E-state index contributed by atoms with van der Waals surface area (Å²) in [6.07, 6.45) is 4.57. The maximum Gasteiger partial charge on any atom is 0.320 e. The highest BCUT2D eigenvalue weighted by molar-refractivity contribution is 5.76. The molecule has 3 fully saturated rings. The average molecular weight is 405 g/mol. The lowest BCUT2D eigenvalue weighted by Crippen LogP contribution is -2.53. The van der Waals surface area contributed by atoms with E-state index in [0.717, 1.165) is 50.5 Å². The molecular weight excluding hydrogens is 382 g/mol. The van der Waals surface area contributed by atoms with Crippen LogP contribution in [0.25, 0.3) is 0 Å². The Balaban J connectivity index is 1.06. The first-order valence-corrected chi connectivity index (χ1v) is 10.5. The summed E-state index contributed by atoms with van der Waals surface area (Å²) >= 11 is 0. The molecule has 2 aliphatic heterocycles. The maximum absolute atomic E-state index is 12.8. The first-order chi connectivity index (χ1) is 14.7. The van der Waals surface area contributed by atoms with E-state index in [-0.39, 0.29) is 17.4 Å². The van der Waals surface area contributed by atoms with Crippen LogP contribution in [0.1, 0.15) is 53.9 Å². The second kappa shape index (κ2) is 6.61. The molecule has 0 unspecified atom stereocenters. The van der Waals surface area contributed by atoms with E-state index in [0.29, 0.717) is 12.5 Å². The van der Waals surface area contributed by atoms with Crippen molar-refractivity contribution in [2.75, 3.05) is 26.2 Å². The SMILES string of the molecule is O=C(N1CC(c2ccc(C3(c4nn[nH]n4)CC3)cc2)C1)N1CC[C@H](c2ncn[nH]2)C1. The van der Waals surface area contributed by atoms with Crippen LogP contribution in [0.2, 0.25) is 0 Å². The number of nitrogens with zero attached hydrogens (tertiary/aromatic N) is 7. The fraction of sp³-hybridized carbons (Fsp3) is 0.500. The second-order valence-corrected chi connectivity index (χ2v) is 8.63. The van der Waals surface area contributed by atoms with Crippen molar-refractivity contribution in [2.45, 2.75) is 36.5 Å². The van der Waals surface area contributed by atoms with Gasteiger partial charge in [0, 0.05) is 38.0 Å². The summed E-state index contributed by atoms with van der Waals surface area (Å²) in [7, 11) is 0. The molecule has 1 aliphatic carbocycles. The number of hydrogen-bond donors (Lipinski definition) is 2. The predicted octanol–water partition coefficient (Wildman–Crippen LogP) is 1.41. The number of aromatic amines is 2. The lowest BCUT2D eigenvalue weighted by molar-refractivity contribution is 0.121. The number of H-pyrrole nitrogens is 2. The molecule has 1 atom stereocenters. The summed E-state index contributed by atoms with van der Waals surface area (Å²) in [5, 5.41) is 21.5. The second-order valence-electron chi connectivity index (χ2n) is 8.63. The highest BCUT2D eigenvalue weighted by Gasteiger charge is 2.49. The van der Waals surface area contributed by atoms with E-state index in [4.69, 9.17) is 0 Å². The predicted molar refractivity (Wildman–Crippen MR) is 106 cm³/mol. The number of urea groups is 1. The molecule has 1 aromatic carbocycles. The van der Waals surface area contributed by atoms with Gasteiger partial charge in [0.25, 0.3) is 0 Å². The highest BCUT2D eigenvalue weighted by Crippen LogP contribution is 2.52. The molecule has 10 nitrogen and oxygen atoms in total. The molecule has 2 amide bonds. The minimum absolute atomic E-state index is 0.0665.